The quantitative estimate of drug-likeness (QED) is 0.710. The summed E-state index contributed by atoms with van der Waals surface area (Å²) in [4.78, 5) is 23.6. The Morgan fingerprint density at radius 2 is 1.77 bits per heavy atom. The van der Waals surface area contributed by atoms with Gasteiger partial charge in [-0.15, -0.1) is 6.58 Å². The first-order valence-electron chi connectivity index (χ1n) is 7.38. The van der Waals surface area contributed by atoms with E-state index in [1.165, 1.54) is 37.4 Å². The topological polar surface area (TPSA) is 88.0 Å². The maximum Gasteiger partial charge on any atom is 0.435 e. The number of anilines is 2. The molecular formula is C16H16F3N5O2. The van der Waals surface area contributed by atoms with Gasteiger partial charge in [-0.05, 0) is 24.3 Å². The third-order valence-electron chi connectivity index (χ3n) is 3.15. The molecule has 0 saturated carbocycles. The van der Waals surface area contributed by atoms with E-state index in [0.29, 0.717) is 12.2 Å². The minimum absolute atomic E-state index is 0.268. The number of hydrogen-bond acceptors (Lipinski definition) is 3. The van der Waals surface area contributed by atoms with E-state index in [1.807, 2.05) is 0 Å². The number of nitrogens with one attached hydrogen (secondary N) is 3. The van der Waals surface area contributed by atoms with Crippen molar-refractivity contribution in [3.05, 3.63) is 54.4 Å². The predicted octanol–water partition coefficient (Wildman–Crippen LogP) is 3.00. The van der Waals surface area contributed by atoms with Gasteiger partial charge in [0.25, 0.3) is 5.91 Å². The molecule has 2 aromatic rings. The summed E-state index contributed by atoms with van der Waals surface area (Å²) in [6.45, 7) is 3.77. The minimum Gasteiger partial charge on any atom is -0.334 e. The van der Waals surface area contributed by atoms with Crippen molar-refractivity contribution in [3.63, 3.8) is 0 Å². The number of halogens is 3. The molecule has 10 heteroatoms. The van der Waals surface area contributed by atoms with Crippen LogP contribution in [0.3, 0.4) is 0 Å². The first-order chi connectivity index (χ1) is 12.2. The number of hydrogen-bond donors (Lipinski definition) is 3. The number of urea groups is 1. The molecule has 26 heavy (non-hydrogen) atoms. The number of benzene rings is 1. The first-order valence-corrected chi connectivity index (χ1v) is 7.38. The minimum atomic E-state index is -4.74. The second-order valence-electron chi connectivity index (χ2n) is 5.22. The third kappa shape index (κ3) is 4.85. The van der Waals surface area contributed by atoms with Crippen LogP contribution in [-0.4, -0.2) is 28.3 Å². The highest BCUT2D eigenvalue weighted by molar-refractivity contribution is 6.05. The van der Waals surface area contributed by atoms with Crippen LogP contribution in [0.4, 0.5) is 29.3 Å². The smallest absolute Gasteiger partial charge is 0.334 e. The van der Waals surface area contributed by atoms with Crippen LogP contribution in [0.15, 0.2) is 43.1 Å². The number of aryl methyl sites for hydroxylation is 1. The monoisotopic (exact) mass is 367 g/mol. The van der Waals surface area contributed by atoms with Gasteiger partial charge < -0.3 is 16.0 Å². The van der Waals surface area contributed by atoms with Gasteiger partial charge in [0.1, 0.15) is 0 Å². The molecule has 0 aliphatic carbocycles. The summed E-state index contributed by atoms with van der Waals surface area (Å²) >= 11 is 0. The van der Waals surface area contributed by atoms with Crippen molar-refractivity contribution in [1.82, 2.24) is 15.1 Å². The van der Waals surface area contributed by atoms with E-state index in [1.54, 1.807) is 0 Å². The summed E-state index contributed by atoms with van der Waals surface area (Å²) < 4.78 is 39.7. The van der Waals surface area contributed by atoms with Crippen LogP contribution in [0.25, 0.3) is 0 Å². The molecule has 7 nitrogen and oxygen atoms in total. The molecule has 1 aromatic carbocycles. The molecule has 1 heterocycles. The lowest BCUT2D eigenvalue weighted by atomic mass is 10.2. The Hall–Kier alpha value is -3.30. The first kappa shape index (κ1) is 19.0. The van der Waals surface area contributed by atoms with Crippen molar-refractivity contribution in [2.45, 2.75) is 6.18 Å². The molecule has 0 saturated heterocycles. The average molecular weight is 367 g/mol. The Balaban J connectivity index is 2.06. The molecule has 0 atom stereocenters. The number of aromatic nitrogens is 2. The summed E-state index contributed by atoms with van der Waals surface area (Å²) in [6.07, 6.45) is -2.22. The molecule has 0 bridgehead atoms. The highest BCUT2D eigenvalue weighted by Crippen LogP contribution is 2.31. The lowest BCUT2D eigenvalue weighted by molar-refractivity contribution is -0.141. The van der Waals surface area contributed by atoms with E-state index in [4.69, 9.17) is 0 Å². The van der Waals surface area contributed by atoms with Gasteiger partial charge in [-0.3, -0.25) is 9.48 Å². The fourth-order valence-corrected chi connectivity index (χ4v) is 2.04. The van der Waals surface area contributed by atoms with Crippen molar-refractivity contribution in [2.24, 2.45) is 7.05 Å². The standard InChI is InChI=1S/C16H16F3N5O2/c1-3-8-20-15(26)22-11-6-4-10(5-7-11)21-14(25)12-9-24(2)23-13(12)16(17,18)19/h3-7,9H,1,8H2,2H3,(H,21,25)(H2,20,22,26). The van der Waals surface area contributed by atoms with Crippen LogP contribution in [0.5, 0.6) is 0 Å². The summed E-state index contributed by atoms with van der Waals surface area (Å²) in [5.74, 6) is -0.935. The molecule has 3 N–H and O–H groups in total. The van der Waals surface area contributed by atoms with Crippen LogP contribution < -0.4 is 16.0 Å². The van der Waals surface area contributed by atoms with Crippen molar-refractivity contribution < 1.29 is 22.8 Å². The summed E-state index contributed by atoms with van der Waals surface area (Å²) in [6, 6.07) is 5.45. The Morgan fingerprint density at radius 1 is 1.19 bits per heavy atom. The zero-order chi connectivity index (χ0) is 19.3. The van der Waals surface area contributed by atoms with Crippen LogP contribution in [0.2, 0.25) is 0 Å². The van der Waals surface area contributed by atoms with E-state index in [-0.39, 0.29) is 5.69 Å². The van der Waals surface area contributed by atoms with Gasteiger partial charge in [0, 0.05) is 31.2 Å². The molecule has 2 rings (SSSR count). The summed E-state index contributed by atoms with van der Waals surface area (Å²) in [5, 5.41) is 10.7. The fraction of sp³-hybridized carbons (Fsp3) is 0.188. The van der Waals surface area contributed by atoms with Gasteiger partial charge in [-0.25, -0.2) is 4.79 Å². The van der Waals surface area contributed by atoms with E-state index in [0.717, 1.165) is 10.9 Å². The number of carbonyl (C=O) groups excluding carboxylic acids is 2. The number of amides is 3. The second-order valence-corrected chi connectivity index (χ2v) is 5.22. The van der Waals surface area contributed by atoms with Gasteiger partial charge in [-0.2, -0.15) is 18.3 Å². The largest absolute Gasteiger partial charge is 0.435 e. The number of rotatable bonds is 5. The van der Waals surface area contributed by atoms with Crippen LogP contribution in [0.1, 0.15) is 16.1 Å². The van der Waals surface area contributed by atoms with Gasteiger partial charge in [0.2, 0.25) is 0 Å². The zero-order valence-electron chi connectivity index (χ0n) is 13.7. The van der Waals surface area contributed by atoms with Gasteiger partial charge in [0.05, 0.1) is 5.56 Å². The lowest BCUT2D eigenvalue weighted by Gasteiger charge is -2.09. The van der Waals surface area contributed by atoms with Crippen molar-refractivity contribution >= 4 is 23.3 Å². The zero-order valence-corrected chi connectivity index (χ0v) is 13.7. The maximum atomic E-state index is 12.9. The maximum absolute atomic E-state index is 12.9. The molecule has 0 unspecified atom stereocenters. The fourth-order valence-electron chi connectivity index (χ4n) is 2.04. The normalized spacial score (nSPS) is 10.9. The Morgan fingerprint density at radius 3 is 2.31 bits per heavy atom. The van der Waals surface area contributed by atoms with E-state index < -0.39 is 29.4 Å². The molecule has 0 fully saturated rings. The van der Waals surface area contributed by atoms with Gasteiger partial charge >= 0.3 is 12.2 Å². The second kappa shape index (κ2) is 7.72. The molecule has 3 amide bonds. The average Bonchev–Trinajstić information content (AvgIpc) is 2.97. The van der Waals surface area contributed by atoms with Crippen LogP contribution in [-0.2, 0) is 13.2 Å². The lowest BCUT2D eigenvalue weighted by Crippen LogP contribution is -2.28. The van der Waals surface area contributed by atoms with Crippen LogP contribution in [0, 0.1) is 0 Å². The third-order valence-corrected chi connectivity index (χ3v) is 3.15. The Kier molecular flexibility index (Phi) is 5.65. The molecule has 0 spiro atoms. The van der Waals surface area contributed by atoms with E-state index in [9.17, 15) is 22.8 Å². The highest BCUT2D eigenvalue weighted by atomic mass is 19.4. The molecule has 138 valence electrons. The van der Waals surface area contributed by atoms with E-state index >= 15 is 0 Å². The van der Waals surface area contributed by atoms with Crippen molar-refractivity contribution in [2.75, 3.05) is 17.2 Å². The number of nitrogens with zero attached hydrogens (tertiary/aromatic N) is 2. The van der Waals surface area contributed by atoms with E-state index in [2.05, 4.69) is 27.6 Å². The Bertz CT molecular complexity index is 812. The molecule has 0 aliphatic rings. The number of alkyl halides is 3. The molecule has 1 aromatic heterocycles. The summed E-state index contributed by atoms with van der Waals surface area (Å²) in [5.41, 5.74) is -1.12. The highest BCUT2D eigenvalue weighted by Gasteiger charge is 2.38. The van der Waals surface area contributed by atoms with Gasteiger partial charge in [-0.1, -0.05) is 6.08 Å². The number of carbonyl (C=O) groups is 2. The molecule has 0 aliphatic heterocycles. The molecule has 0 radical (unpaired) electrons. The van der Waals surface area contributed by atoms with Crippen molar-refractivity contribution in [1.29, 1.82) is 0 Å². The van der Waals surface area contributed by atoms with Gasteiger partial charge in [0.15, 0.2) is 5.69 Å². The van der Waals surface area contributed by atoms with Crippen molar-refractivity contribution in [3.8, 4) is 0 Å². The van der Waals surface area contributed by atoms with Crippen LogP contribution >= 0.6 is 0 Å². The predicted molar refractivity (Wildman–Crippen MR) is 89.8 cm³/mol. The SMILES string of the molecule is C=CCNC(=O)Nc1ccc(NC(=O)c2cn(C)nc2C(F)(F)F)cc1. The Labute approximate surface area is 146 Å². The molecular weight excluding hydrogens is 351 g/mol. The summed E-state index contributed by atoms with van der Waals surface area (Å²) in [7, 11) is 1.30.